The molecule has 2 atom stereocenters. The molecule has 4 aromatic carbocycles. The van der Waals surface area contributed by atoms with Gasteiger partial charge in [0.15, 0.2) is 0 Å². The van der Waals surface area contributed by atoms with Gasteiger partial charge in [-0.05, 0) is 52.4 Å². The summed E-state index contributed by atoms with van der Waals surface area (Å²) >= 11 is 0. The van der Waals surface area contributed by atoms with E-state index in [-0.39, 0.29) is 29.6 Å². The van der Waals surface area contributed by atoms with Gasteiger partial charge in [-0.2, -0.15) is 0 Å². The lowest BCUT2D eigenvalue weighted by Crippen LogP contribution is -2.41. The van der Waals surface area contributed by atoms with Crippen molar-refractivity contribution in [1.82, 2.24) is 0 Å². The number of nitrogens with one attached hydrogen (secondary N) is 1. The Morgan fingerprint density at radius 2 is 1.18 bits per heavy atom. The number of carbonyl (C=O) groups excluding carboxylic acids is 3. The van der Waals surface area contributed by atoms with E-state index in [0.29, 0.717) is 24.2 Å². The molecule has 1 N–H and O–H groups in total. The van der Waals surface area contributed by atoms with Gasteiger partial charge < -0.3 is 5.32 Å². The lowest BCUT2D eigenvalue weighted by atomic mass is 9.55. The number of amides is 3. The molecule has 1 aliphatic heterocycles. The van der Waals surface area contributed by atoms with Crippen LogP contribution in [0.1, 0.15) is 46.1 Å². The highest BCUT2D eigenvalue weighted by atomic mass is 16.2. The van der Waals surface area contributed by atoms with Crippen LogP contribution >= 0.6 is 0 Å². The molecule has 5 heteroatoms. The maximum Gasteiger partial charge on any atom is 0.238 e. The summed E-state index contributed by atoms with van der Waals surface area (Å²) in [6.07, 6.45) is 0.989. The Balaban J connectivity index is 1.18. The zero-order valence-corrected chi connectivity index (χ0v) is 20.7. The quantitative estimate of drug-likeness (QED) is 0.362. The van der Waals surface area contributed by atoms with Crippen LogP contribution in [0.4, 0.5) is 11.4 Å². The third-order valence-corrected chi connectivity index (χ3v) is 8.32. The van der Waals surface area contributed by atoms with Gasteiger partial charge in [-0.1, -0.05) is 84.9 Å². The molecule has 186 valence electrons. The number of imide groups is 1. The van der Waals surface area contributed by atoms with Crippen LogP contribution < -0.4 is 10.2 Å². The predicted octanol–water partition coefficient (Wildman–Crippen LogP) is 5.65. The van der Waals surface area contributed by atoms with Crippen LogP contribution in [0.5, 0.6) is 0 Å². The minimum absolute atomic E-state index is 0.109. The molecule has 0 radical (unpaired) electrons. The van der Waals surface area contributed by atoms with Gasteiger partial charge in [-0.25, -0.2) is 4.90 Å². The van der Waals surface area contributed by atoms with Crippen molar-refractivity contribution in [2.24, 2.45) is 11.8 Å². The number of hydrogen-bond donors (Lipinski definition) is 1. The van der Waals surface area contributed by atoms with Crippen molar-refractivity contribution in [1.29, 1.82) is 0 Å². The van der Waals surface area contributed by atoms with Gasteiger partial charge in [0.05, 0.1) is 17.5 Å². The van der Waals surface area contributed by atoms with E-state index in [2.05, 4.69) is 29.6 Å². The standard InChI is InChI=1S/C33H26N2O3/c36-27(18-17-20-9-2-1-3-10-20)34-21-11-8-12-22(19-21)35-32(37)30-28-23-13-4-5-14-24(23)29(31(30)33(35)38)26-16-7-6-15-25(26)28/h1-16,19,28-31H,17-18H2,(H,34,36). The third-order valence-electron chi connectivity index (χ3n) is 8.32. The average Bonchev–Trinajstić information content (AvgIpc) is 3.23. The maximum atomic E-state index is 14.0. The summed E-state index contributed by atoms with van der Waals surface area (Å²) in [5, 5.41) is 2.94. The summed E-state index contributed by atoms with van der Waals surface area (Å²) in [4.78, 5) is 41.9. The highest BCUT2D eigenvalue weighted by molar-refractivity contribution is 6.23. The molecule has 4 aliphatic rings. The highest BCUT2D eigenvalue weighted by Crippen LogP contribution is 2.61. The first-order valence-electron chi connectivity index (χ1n) is 13.1. The zero-order chi connectivity index (χ0) is 25.8. The molecule has 0 spiro atoms. The van der Waals surface area contributed by atoms with Crippen molar-refractivity contribution in [2.75, 3.05) is 10.2 Å². The molecule has 0 aromatic heterocycles. The lowest BCUT2D eigenvalue weighted by molar-refractivity contribution is -0.122. The van der Waals surface area contributed by atoms with Gasteiger partial charge in [0, 0.05) is 23.9 Å². The summed E-state index contributed by atoms with van der Waals surface area (Å²) in [5.74, 6) is -1.57. The minimum atomic E-state index is -0.429. The number of carbonyl (C=O) groups is 3. The highest BCUT2D eigenvalue weighted by Gasteiger charge is 2.61. The van der Waals surface area contributed by atoms with E-state index < -0.39 is 11.8 Å². The van der Waals surface area contributed by atoms with E-state index in [1.54, 1.807) is 24.3 Å². The van der Waals surface area contributed by atoms with Gasteiger partial charge in [0.1, 0.15) is 0 Å². The first-order valence-corrected chi connectivity index (χ1v) is 13.1. The van der Waals surface area contributed by atoms with Crippen molar-refractivity contribution in [3.05, 3.63) is 131 Å². The Bertz CT molecular complexity index is 1480. The summed E-state index contributed by atoms with van der Waals surface area (Å²) in [5.41, 5.74) is 6.79. The van der Waals surface area contributed by atoms with Gasteiger partial charge in [0.25, 0.3) is 0 Å². The van der Waals surface area contributed by atoms with E-state index in [4.69, 9.17) is 0 Å². The SMILES string of the molecule is O=C(CCc1ccccc1)Nc1cccc(N2C(=O)C3C4c5ccccc5C(c5ccccc54)C3C2=O)c1. The molecule has 4 aromatic rings. The second-order valence-electron chi connectivity index (χ2n) is 10.4. The molecule has 1 fully saturated rings. The second kappa shape index (κ2) is 8.80. The molecule has 2 unspecified atom stereocenters. The Labute approximate surface area is 221 Å². The summed E-state index contributed by atoms with van der Waals surface area (Å²) in [7, 11) is 0. The van der Waals surface area contributed by atoms with Crippen LogP contribution in [0.15, 0.2) is 103 Å². The number of anilines is 2. The van der Waals surface area contributed by atoms with Crippen LogP contribution in [0.3, 0.4) is 0 Å². The monoisotopic (exact) mass is 498 g/mol. The molecule has 1 saturated heterocycles. The largest absolute Gasteiger partial charge is 0.326 e. The summed E-state index contributed by atoms with van der Waals surface area (Å²) in [6, 6.07) is 33.4. The van der Waals surface area contributed by atoms with Crippen LogP contribution in [-0.2, 0) is 20.8 Å². The zero-order valence-electron chi connectivity index (χ0n) is 20.7. The Morgan fingerprint density at radius 3 is 1.74 bits per heavy atom. The smallest absolute Gasteiger partial charge is 0.238 e. The lowest BCUT2D eigenvalue weighted by Gasteiger charge is -2.45. The molecular weight excluding hydrogens is 472 g/mol. The van der Waals surface area contributed by atoms with E-state index in [1.807, 2.05) is 54.6 Å². The normalized spacial score (nSPS) is 22.6. The van der Waals surface area contributed by atoms with Crippen molar-refractivity contribution in [3.8, 4) is 0 Å². The molecular formula is C33H26N2O3. The average molecular weight is 499 g/mol. The van der Waals surface area contributed by atoms with Gasteiger partial charge in [0.2, 0.25) is 17.7 Å². The van der Waals surface area contributed by atoms with Crippen molar-refractivity contribution >= 4 is 29.1 Å². The van der Waals surface area contributed by atoms with Crippen LogP contribution in [-0.4, -0.2) is 17.7 Å². The fourth-order valence-electron chi connectivity index (χ4n) is 6.78. The Kier molecular flexibility index (Phi) is 5.25. The number of hydrogen-bond acceptors (Lipinski definition) is 3. The van der Waals surface area contributed by atoms with E-state index >= 15 is 0 Å². The summed E-state index contributed by atoms with van der Waals surface area (Å²) in [6.45, 7) is 0. The second-order valence-corrected chi connectivity index (χ2v) is 10.4. The maximum absolute atomic E-state index is 14.0. The topological polar surface area (TPSA) is 66.5 Å². The molecule has 8 rings (SSSR count). The van der Waals surface area contributed by atoms with Crippen molar-refractivity contribution in [3.63, 3.8) is 0 Å². The molecule has 3 amide bonds. The molecule has 1 heterocycles. The third kappa shape index (κ3) is 3.42. The molecule has 0 saturated carbocycles. The Hall–Kier alpha value is -4.51. The summed E-state index contributed by atoms with van der Waals surface area (Å²) < 4.78 is 0. The van der Waals surface area contributed by atoms with Gasteiger partial charge in [-0.15, -0.1) is 0 Å². The van der Waals surface area contributed by atoms with E-state index in [1.165, 1.54) is 4.90 Å². The number of aryl methyl sites for hydroxylation is 1. The van der Waals surface area contributed by atoms with Crippen LogP contribution in [0.2, 0.25) is 0 Å². The Morgan fingerprint density at radius 1 is 0.658 bits per heavy atom. The van der Waals surface area contributed by atoms with E-state index in [0.717, 1.165) is 27.8 Å². The van der Waals surface area contributed by atoms with Gasteiger partial charge >= 0.3 is 0 Å². The first kappa shape index (κ1) is 22.7. The fourth-order valence-corrected chi connectivity index (χ4v) is 6.78. The first-order chi connectivity index (χ1) is 18.6. The number of benzene rings is 4. The van der Waals surface area contributed by atoms with E-state index in [9.17, 15) is 14.4 Å². The molecule has 5 nitrogen and oxygen atoms in total. The van der Waals surface area contributed by atoms with Crippen molar-refractivity contribution in [2.45, 2.75) is 24.7 Å². The predicted molar refractivity (Wildman–Crippen MR) is 146 cm³/mol. The molecule has 2 bridgehead atoms. The minimum Gasteiger partial charge on any atom is -0.326 e. The van der Waals surface area contributed by atoms with Crippen LogP contribution in [0.25, 0.3) is 0 Å². The molecule has 3 aliphatic carbocycles. The van der Waals surface area contributed by atoms with Gasteiger partial charge in [-0.3, -0.25) is 14.4 Å². The number of nitrogens with zero attached hydrogens (tertiary/aromatic N) is 1. The van der Waals surface area contributed by atoms with Crippen molar-refractivity contribution < 1.29 is 14.4 Å². The van der Waals surface area contributed by atoms with Crippen LogP contribution in [0, 0.1) is 11.8 Å². The number of rotatable bonds is 5. The molecule has 38 heavy (non-hydrogen) atoms. The fraction of sp³-hybridized carbons (Fsp3) is 0.182.